The molecule has 5 nitrogen and oxygen atoms in total. The molecule has 14 heavy (non-hydrogen) atoms. The summed E-state index contributed by atoms with van der Waals surface area (Å²) in [5.74, 6) is 0.896. The molecule has 1 heterocycles. The first-order chi connectivity index (χ1) is 6.70. The predicted octanol–water partition coefficient (Wildman–Crippen LogP) is -0.180. The first-order valence-electron chi connectivity index (χ1n) is 4.96. The maximum Gasteiger partial charge on any atom is 0.146 e. The molecule has 1 aromatic heterocycles. The van der Waals surface area contributed by atoms with Crippen molar-refractivity contribution in [1.29, 1.82) is 0 Å². The van der Waals surface area contributed by atoms with E-state index in [0.717, 1.165) is 25.1 Å². The molecule has 0 radical (unpaired) electrons. The van der Waals surface area contributed by atoms with Crippen LogP contribution in [0, 0.1) is 0 Å². The summed E-state index contributed by atoms with van der Waals surface area (Å²) >= 11 is 0. The Kier molecular flexibility index (Phi) is 2.52. The normalized spacial score (nSPS) is 19.3. The Balaban J connectivity index is 1.75. The number of nitrogens with one attached hydrogen (secondary N) is 1. The van der Waals surface area contributed by atoms with E-state index in [4.69, 9.17) is 0 Å². The van der Waals surface area contributed by atoms with Crippen molar-refractivity contribution in [3.8, 4) is 0 Å². The van der Waals surface area contributed by atoms with Crippen LogP contribution in [0.5, 0.6) is 0 Å². The standard InChI is InChI=1S/C9H16N4O/c1-13-7-11-12-8(13)5-10-6-9(14)3-2-4-9/h7,10,14H,2-6H2,1H3. The summed E-state index contributed by atoms with van der Waals surface area (Å²) in [4.78, 5) is 0. The molecule has 2 rings (SSSR count). The number of hydrogen-bond donors (Lipinski definition) is 2. The summed E-state index contributed by atoms with van der Waals surface area (Å²) in [5, 5.41) is 20.7. The molecule has 2 N–H and O–H groups in total. The average Bonchev–Trinajstić information content (AvgIpc) is 2.49. The van der Waals surface area contributed by atoms with Gasteiger partial charge in [-0.25, -0.2) is 0 Å². The van der Waals surface area contributed by atoms with Crippen LogP contribution in [0.2, 0.25) is 0 Å². The molecule has 1 saturated carbocycles. The van der Waals surface area contributed by atoms with Gasteiger partial charge < -0.3 is 15.0 Å². The topological polar surface area (TPSA) is 63.0 Å². The van der Waals surface area contributed by atoms with Crippen LogP contribution < -0.4 is 5.32 Å². The van der Waals surface area contributed by atoms with Gasteiger partial charge in [-0.15, -0.1) is 10.2 Å². The minimum absolute atomic E-state index is 0.460. The zero-order valence-corrected chi connectivity index (χ0v) is 8.40. The fraction of sp³-hybridized carbons (Fsp3) is 0.778. The fourth-order valence-electron chi connectivity index (χ4n) is 1.64. The highest BCUT2D eigenvalue weighted by Crippen LogP contribution is 2.30. The van der Waals surface area contributed by atoms with Crippen molar-refractivity contribution in [3.63, 3.8) is 0 Å². The summed E-state index contributed by atoms with van der Waals surface area (Å²) in [7, 11) is 1.91. The Labute approximate surface area is 83.2 Å². The van der Waals surface area contributed by atoms with Crippen molar-refractivity contribution < 1.29 is 5.11 Å². The van der Waals surface area contributed by atoms with Crippen molar-refractivity contribution in [2.75, 3.05) is 6.54 Å². The van der Waals surface area contributed by atoms with Crippen LogP contribution in [0.1, 0.15) is 25.1 Å². The molecule has 1 aliphatic carbocycles. The minimum Gasteiger partial charge on any atom is -0.389 e. The number of aromatic nitrogens is 3. The third-order valence-electron chi connectivity index (χ3n) is 2.83. The van der Waals surface area contributed by atoms with Crippen LogP contribution in [0.25, 0.3) is 0 Å². The van der Waals surface area contributed by atoms with Crippen LogP contribution in [-0.2, 0) is 13.6 Å². The number of nitrogens with zero attached hydrogens (tertiary/aromatic N) is 3. The summed E-state index contributed by atoms with van der Waals surface area (Å²) < 4.78 is 1.87. The highest BCUT2D eigenvalue weighted by Gasteiger charge is 2.33. The second-order valence-electron chi connectivity index (χ2n) is 4.04. The molecule has 5 heteroatoms. The van der Waals surface area contributed by atoms with Crippen LogP contribution in [0.3, 0.4) is 0 Å². The predicted molar refractivity (Wildman–Crippen MR) is 51.5 cm³/mol. The van der Waals surface area contributed by atoms with Crippen LogP contribution in [0.15, 0.2) is 6.33 Å². The Bertz CT molecular complexity index is 306. The maximum atomic E-state index is 9.80. The zero-order valence-electron chi connectivity index (χ0n) is 8.40. The highest BCUT2D eigenvalue weighted by atomic mass is 16.3. The molecular weight excluding hydrogens is 180 g/mol. The van der Waals surface area contributed by atoms with E-state index in [1.807, 2.05) is 11.6 Å². The number of aliphatic hydroxyl groups is 1. The molecule has 0 bridgehead atoms. The van der Waals surface area contributed by atoms with Gasteiger partial charge in [-0.3, -0.25) is 0 Å². The summed E-state index contributed by atoms with van der Waals surface area (Å²) in [6, 6.07) is 0. The van der Waals surface area contributed by atoms with E-state index in [0.29, 0.717) is 13.1 Å². The van der Waals surface area contributed by atoms with Crippen molar-refractivity contribution in [2.45, 2.75) is 31.4 Å². The molecule has 0 unspecified atom stereocenters. The van der Waals surface area contributed by atoms with Gasteiger partial charge in [0.1, 0.15) is 12.2 Å². The van der Waals surface area contributed by atoms with E-state index in [1.165, 1.54) is 0 Å². The molecular formula is C9H16N4O. The molecule has 1 aliphatic rings. The van der Waals surface area contributed by atoms with Crippen LogP contribution >= 0.6 is 0 Å². The second kappa shape index (κ2) is 3.67. The van der Waals surface area contributed by atoms with Crippen LogP contribution in [-0.4, -0.2) is 32.0 Å². The number of rotatable bonds is 4. The summed E-state index contributed by atoms with van der Waals surface area (Å²) in [6.45, 7) is 1.32. The SMILES string of the molecule is Cn1cnnc1CNCC1(O)CCC1. The summed E-state index contributed by atoms with van der Waals surface area (Å²) in [5.41, 5.74) is -0.460. The first kappa shape index (κ1) is 9.61. The third-order valence-corrected chi connectivity index (χ3v) is 2.83. The van der Waals surface area contributed by atoms with E-state index in [-0.39, 0.29) is 0 Å². The number of hydrogen-bond acceptors (Lipinski definition) is 4. The van der Waals surface area contributed by atoms with E-state index in [1.54, 1.807) is 6.33 Å². The van der Waals surface area contributed by atoms with Crippen molar-refractivity contribution in [3.05, 3.63) is 12.2 Å². The lowest BCUT2D eigenvalue weighted by Crippen LogP contribution is -2.46. The van der Waals surface area contributed by atoms with Gasteiger partial charge in [0.2, 0.25) is 0 Å². The molecule has 0 atom stereocenters. The van der Waals surface area contributed by atoms with Gasteiger partial charge in [0.25, 0.3) is 0 Å². The zero-order chi connectivity index (χ0) is 10.0. The van der Waals surface area contributed by atoms with Gasteiger partial charge >= 0.3 is 0 Å². The second-order valence-corrected chi connectivity index (χ2v) is 4.04. The molecule has 1 aromatic rings. The molecule has 0 amide bonds. The van der Waals surface area contributed by atoms with Gasteiger partial charge in [-0.05, 0) is 19.3 Å². The molecule has 0 spiro atoms. The van der Waals surface area contributed by atoms with Gasteiger partial charge in [0.05, 0.1) is 12.1 Å². The Hall–Kier alpha value is -0.940. The van der Waals surface area contributed by atoms with E-state index in [9.17, 15) is 5.11 Å². The Morgan fingerprint density at radius 1 is 1.64 bits per heavy atom. The van der Waals surface area contributed by atoms with E-state index < -0.39 is 5.60 Å². The van der Waals surface area contributed by atoms with E-state index in [2.05, 4.69) is 15.5 Å². The van der Waals surface area contributed by atoms with Crippen molar-refractivity contribution in [1.82, 2.24) is 20.1 Å². The Morgan fingerprint density at radius 3 is 2.93 bits per heavy atom. The van der Waals surface area contributed by atoms with Crippen molar-refractivity contribution in [2.24, 2.45) is 7.05 Å². The largest absolute Gasteiger partial charge is 0.389 e. The van der Waals surface area contributed by atoms with Crippen molar-refractivity contribution >= 4 is 0 Å². The fourth-order valence-corrected chi connectivity index (χ4v) is 1.64. The lowest BCUT2D eigenvalue weighted by Gasteiger charge is -2.36. The van der Waals surface area contributed by atoms with E-state index >= 15 is 0 Å². The molecule has 1 fully saturated rings. The maximum absolute atomic E-state index is 9.80. The minimum atomic E-state index is -0.460. The molecule has 0 aromatic carbocycles. The highest BCUT2D eigenvalue weighted by molar-refractivity contribution is 4.91. The summed E-state index contributed by atoms with van der Waals surface area (Å²) in [6.07, 6.45) is 4.65. The molecule has 0 saturated heterocycles. The lowest BCUT2D eigenvalue weighted by molar-refractivity contribution is -0.0316. The molecule has 78 valence electrons. The lowest BCUT2D eigenvalue weighted by atomic mass is 9.80. The third kappa shape index (κ3) is 1.93. The van der Waals surface area contributed by atoms with Gasteiger partial charge in [0, 0.05) is 13.6 Å². The average molecular weight is 196 g/mol. The molecule has 0 aliphatic heterocycles. The van der Waals surface area contributed by atoms with Gasteiger partial charge in [-0.2, -0.15) is 0 Å². The quantitative estimate of drug-likeness (QED) is 0.701. The Morgan fingerprint density at radius 2 is 2.43 bits per heavy atom. The number of aryl methyl sites for hydroxylation is 1. The smallest absolute Gasteiger partial charge is 0.146 e. The van der Waals surface area contributed by atoms with Gasteiger partial charge in [-0.1, -0.05) is 0 Å². The van der Waals surface area contributed by atoms with Gasteiger partial charge in [0.15, 0.2) is 0 Å². The van der Waals surface area contributed by atoms with Crippen LogP contribution in [0.4, 0.5) is 0 Å². The first-order valence-corrected chi connectivity index (χ1v) is 4.96. The monoisotopic (exact) mass is 196 g/mol.